The maximum Gasteiger partial charge on any atom is 0.213 e. The molecule has 1 saturated heterocycles. The Morgan fingerprint density at radius 1 is 1.27 bits per heavy atom. The second-order valence-corrected chi connectivity index (χ2v) is 8.12. The Labute approximate surface area is 178 Å². The van der Waals surface area contributed by atoms with Gasteiger partial charge in [0.2, 0.25) is 5.88 Å². The Bertz CT molecular complexity index is 840. The fraction of sp³-hybridized carbons (Fsp3) is 0.591. The van der Waals surface area contributed by atoms with Crippen LogP contribution in [0.1, 0.15) is 36.8 Å². The Kier molecular flexibility index (Phi) is 6.84. The number of rotatable bonds is 8. The third kappa shape index (κ3) is 5.95. The van der Waals surface area contributed by atoms with Crippen LogP contribution in [-0.2, 0) is 13.1 Å². The van der Waals surface area contributed by atoms with Gasteiger partial charge in [-0.3, -0.25) is 4.90 Å². The number of guanidine groups is 1. The molecule has 0 amide bonds. The zero-order valence-electron chi connectivity index (χ0n) is 18.0. The Morgan fingerprint density at radius 3 is 2.80 bits per heavy atom. The first-order valence-electron chi connectivity index (χ1n) is 10.9. The lowest BCUT2D eigenvalue weighted by molar-refractivity contribution is 0.169. The number of hydrogen-bond acceptors (Lipinski definition) is 6. The van der Waals surface area contributed by atoms with Crippen molar-refractivity contribution in [2.24, 2.45) is 10.9 Å². The molecule has 8 nitrogen and oxygen atoms in total. The van der Waals surface area contributed by atoms with E-state index >= 15 is 0 Å². The molecule has 3 heterocycles. The summed E-state index contributed by atoms with van der Waals surface area (Å²) in [5.41, 5.74) is 2.12. The van der Waals surface area contributed by atoms with E-state index in [9.17, 15) is 0 Å². The van der Waals surface area contributed by atoms with Crippen molar-refractivity contribution in [2.75, 3.05) is 39.3 Å². The van der Waals surface area contributed by atoms with E-state index in [2.05, 4.69) is 32.2 Å². The van der Waals surface area contributed by atoms with Crippen LogP contribution >= 0.6 is 0 Å². The van der Waals surface area contributed by atoms with Crippen molar-refractivity contribution in [1.82, 2.24) is 25.3 Å². The molecule has 0 aromatic carbocycles. The third-order valence-corrected chi connectivity index (χ3v) is 5.44. The quantitative estimate of drug-likeness (QED) is 0.527. The minimum absolute atomic E-state index is 0.614. The number of ether oxygens (including phenoxy) is 1. The molecule has 2 fully saturated rings. The molecule has 30 heavy (non-hydrogen) atoms. The summed E-state index contributed by atoms with van der Waals surface area (Å²) in [4.78, 5) is 13.9. The highest BCUT2D eigenvalue weighted by atomic mass is 16.5. The smallest absolute Gasteiger partial charge is 0.213 e. The summed E-state index contributed by atoms with van der Waals surface area (Å²) in [6.45, 7) is 10.9. The molecule has 0 spiro atoms. The Morgan fingerprint density at radius 2 is 2.10 bits per heavy atom. The van der Waals surface area contributed by atoms with Gasteiger partial charge in [0.15, 0.2) is 5.96 Å². The lowest BCUT2D eigenvalue weighted by Gasteiger charge is -2.36. The molecule has 0 atom stereocenters. The van der Waals surface area contributed by atoms with Gasteiger partial charge in [-0.1, -0.05) is 5.16 Å². The minimum Gasteiger partial charge on any atom is -0.477 e. The molecule has 1 N–H and O–H groups in total. The molecule has 1 saturated carbocycles. The summed E-state index contributed by atoms with van der Waals surface area (Å²) < 4.78 is 11.0. The second-order valence-electron chi connectivity index (χ2n) is 8.12. The van der Waals surface area contributed by atoms with Crippen LogP contribution in [0.15, 0.2) is 33.9 Å². The summed E-state index contributed by atoms with van der Waals surface area (Å²) in [6.07, 6.45) is 4.37. The van der Waals surface area contributed by atoms with Gasteiger partial charge < -0.3 is 19.5 Å². The van der Waals surface area contributed by atoms with Gasteiger partial charge >= 0.3 is 0 Å². The molecular formula is C22H32N6O2. The van der Waals surface area contributed by atoms with E-state index in [-0.39, 0.29) is 0 Å². The fourth-order valence-corrected chi connectivity index (χ4v) is 3.55. The largest absolute Gasteiger partial charge is 0.477 e. The average molecular weight is 413 g/mol. The van der Waals surface area contributed by atoms with Crippen LogP contribution in [0.25, 0.3) is 0 Å². The van der Waals surface area contributed by atoms with Crippen molar-refractivity contribution in [3.05, 3.63) is 41.4 Å². The van der Waals surface area contributed by atoms with Crippen LogP contribution in [0, 0.1) is 12.8 Å². The van der Waals surface area contributed by atoms with Crippen molar-refractivity contribution < 1.29 is 9.26 Å². The van der Waals surface area contributed by atoms with Gasteiger partial charge in [0.25, 0.3) is 0 Å². The molecule has 0 bridgehead atoms. The van der Waals surface area contributed by atoms with Gasteiger partial charge in [-0.2, -0.15) is 0 Å². The van der Waals surface area contributed by atoms with Gasteiger partial charge in [0.1, 0.15) is 5.76 Å². The van der Waals surface area contributed by atoms with E-state index in [4.69, 9.17) is 14.3 Å². The standard InChI is InChI=1S/C22H32N6O2/c1-3-23-22(25-14-19-6-7-24-21(13-19)29-16-18-4-5-18)28-10-8-27(9-11-28)15-20-12-17(2)30-26-20/h6-7,12-13,18H,3-5,8-11,14-16H2,1-2H3,(H,23,25). The number of piperazine rings is 1. The van der Waals surface area contributed by atoms with Crippen LogP contribution in [0.3, 0.4) is 0 Å². The SMILES string of the molecule is CCNC(=NCc1ccnc(OCC2CC2)c1)N1CCN(Cc2cc(C)on2)CC1. The Hall–Kier alpha value is -2.61. The molecule has 2 aromatic heterocycles. The van der Waals surface area contributed by atoms with Gasteiger partial charge in [0, 0.05) is 57.6 Å². The lowest BCUT2D eigenvalue weighted by Crippen LogP contribution is -2.52. The predicted molar refractivity (Wildman–Crippen MR) is 115 cm³/mol. The molecule has 162 valence electrons. The first-order chi connectivity index (χ1) is 14.7. The fourth-order valence-electron chi connectivity index (χ4n) is 3.55. The van der Waals surface area contributed by atoms with E-state index in [1.165, 1.54) is 12.8 Å². The first-order valence-corrected chi connectivity index (χ1v) is 10.9. The van der Waals surface area contributed by atoms with Gasteiger partial charge in [-0.05, 0) is 44.2 Å². The number of pyridine rings is 1. The van der Waals surface area contributed by atoms with Crippen molar-refractivity contribution in [3.8, 4) is 5.88 Å². The monoisotopic (exact) mass is 412 g/mol. The second kappa shape index (κ2) is 9.93. The van der Waals surface area contributed by atoms with Crippen molar-refractivity contribution in [2.45, 2.75) is 39.8 Å². The maximum atomic E-state index is 5.80. The van der Waals surface area contributed by atoms with E-state index in [0.29, 0.717) is 12.4 Å². The molecule has 1 aliphatic heterocycles. The number of aromatic nitrogens is 2. The molecule has 2 aromatic rings. The number of nitrogens with zero attached hydrogens (tertiary/aromatic N) is 5. The van der Waals surface area contributed by atoms with Gasteiger partial charge in [-0.25, -0.2) is 9.98 Å². The number of aliphatic imine (C=N–C) groups is 1. The van der Waals surface area contributed by atoms with Crippen LogP contribution in [0.4, 0.5) is 0 Å². The lowest BCUT2D eigenvalue weighted by atomic mass is 10.2. The van der Waals surface area contributed by atoms with E-state index in [0.717, 1.165) is 74.8 Å². The highest BCUT2D eigenvalue weighted by Crippen LogP contribution is 2.29. The molecule has 0 unspecified atom stereocenters. The van der Waals surface area contributed by atoms with E-state index in [1.807, 2.05) is 31.3 Å². The van der Waals surface area contributed by atoms with Crippen LogP contribution < -0.4 is 10.1 Å². The normalized spacial score (nSPS) is 17.9. The zero-order valence-corrected chi connectivity index (χ0v) is 18.0. The molecular weight excluding hydrogens is 380 g/mol. The highest BCUT2D eigenvalue weighted by Gasteiger charge is 2.22. The van der Waals surface area contributed by atoms with Crippen molar-refractivity contribution in [1.29, 1.82) is 0 Å². The number of nitrogens with one attached hydrogen (secondary N) is 1. The summed E-state index contributed by atoms with van der Waals surface area (Å²) >= 11 is 0. The van der Waals surface area contributed by atoms with Crippen molar-refractivity contribution >= 4 is 5.96 Å². The summed E-state index contributed by atoms with van der Waals surface area (Å²) in [5.74, 6) is 3.26. The van der Waals surface area contributed by atoms with Crippen LogP contribution in [-0.4, -0.2) is 65.2 Å². The summed E-state index contributed by atoms with van der Waals surface area (Å²) in [5, 5.41) is 7.54. The van der Waals surface area contributed by atoms with E-state index < -0.39 is 0 Å². The van der Waals surface area contributed by atoms with Gasteiger partial charge in [-0.15, -0.1) is 0 Å². The predicted octanol–water partition coefficient (Wildman–Crippen LogP) is 2.45. The molecule has 1 aliphatic carbocycles. The molecule has 2 aliphatic rings. The number of hydrogen-bond donors (Lipinski definition) is 1. The zero-order chi connectivity index (χ0) is 20.8. The third-order valence-electron chi connectivity index (χ3n) is 5.44. The summed E-state index contributed by atoms with van der Waals surface area (Å²) in [6, 6.07) is 6.03. The number of aryl methyl sites for hydroxylation is 1. The average Bonchev–Trinajstić information content (AvgIpc) is 3.51. The van der Waals surface area contributed by atoms with Crippen LogP contribution in [0.5, 0.6) is 5.88 Å². The summed E-state index contributed by atoms with van der Waals surface area (Å²) in [7, 11) is 0. The highest BCUT2D eigenvalue weighted by molar-refractivity contribution is 5.80. The topological polar surface area (TPSA) is 79.0 Å². The van der Waals surface area contributed by atoms with Gasteiger partial charge in [0.05, 0.1) is 18.8 Å². The first kappa shape index (κ1) is 20.7. The Balaban J connectivity index is 1.30. The minimum atomic E-state index is 0.614. The molecule has 8 heteroatoms. The maximum absolute atomic E-state index is 5.80. The van der Waals surface area contributed by atoms with Crippen LogP contribution in [0.2, 0.25) is 0 Å². The van der Waals surface area contributed by atoms with E-state index in [1.54, 1.807) is 0 Å². The molecule has 0 radical (unpaired) electrons. The molecule has 4 rings (SSSR count). The van der Waals surface area contributed by atoms with Crippen molar-refractivity contribution in [3.63, 3.8) is 0 Å².